The van der Waals surface area contributed by atoms with Gasteiger partial charge in [0.15, 0.2) is 10.9 Å². The summed E-state index contributed by atoms with van der Waals surface area (Å²) in [7, 11) is 0. The maximum absolute atomic E-state index is 12.8. The number of benzene rings is 2. The number of likely N-dealkylation sites (tertiary alicyclic amines) is 1. The van der Waals surface area contributed by atoms with Crippen LogP contribution < -0.4 is 5.32 Å². The van der Waals surface area contributed by atoms with Gasteiger partial charge in [-0.15, -0.1) is 10.2 Å². The third-order valence-corrected chi connectivity index (χ3v) is 6.62. The number of carbonyl (C=O) groups excluding carboxylic acids is 2. The molecular formula is C25H29N5O2S. The second-order valence-electron chi connectivity index (χ2n) is 8.28. The van der Waals surface area contributed by atoms with E-state index in [0.717, 1.165) is 30.6 Å². The van der Waals surface area contributed by atoms with Gasteiger partial charge in [-0.25, -0.2) is 0 Å². The van der Waals surface area contributed by atoms with Crippen molar-refractivity contribution in [2.24, 2.45) is 0 Å². The molecule has 1 amide bonds. The first-order valence-corrected chi connectivity index (χ1v) is 12.3. The van der Waals surface area contributed by atoms with Gasteiger partial charge >= 0.3 is 0 Å². The minimum atomic E-state index is -0.136. The molecule has 0 unspecified atom stereocenters. The van der Waals surface area contributed by atoms with Crippen LogP contribution in [0, 0.1) is 0 Å². The summed E-state index contributed by atoms with van der Waals surface area (Å²) in [6, 6.07) is 17.2. The maximum atomic E-state index is 12.8. The summed E-state index contributed by atoms with van der Waals surface area (Å²) in [6.45, 7) is 5.10. The number of ketones is 1. The van der Waals surface area contributed by atoms with Crippen LogP contribution in [0.4, 0.5) is 5.69 Å². The Balaban J connectivity index is 1.46. The van der Waals surface area contributed by atoms with E-state index < -0.39 is 0 Å². The van der Waals surface area contributed by atoms with Gasteiger partial charge in [-0.1, -0.05) is 48.5 Å². The Bertz CT molecular complexity index is 1080. The maximum Gasteiger partial charge on any atom is 0.221 e. The van der Waals surface area contributed by atoms with E-state index in [1.165, 1.54) is 43.5 Å². The number of carbonyl (C=O) groups is 2. The quantitative estimate of drug-likeness (QED) is 0.378. The zero-order chi connectivity index (χ0) is 23.0. The number of nitrogens with one attached hydrogen (secondary N) is 1. The molecule has 3 aromatic rings. The van der Waals surface area contributed by atoms with Crippen molar-refractivity contribution in [3.8, 4) is 0 Å². The second kappa shape index (κ2) is 11.2. The van der Waals surface area contributed by atoms with Crippen molar-refractivity contribution in [3.63, 3.8) is 0 Å². The summed E-state index contributed by atoms with van der Waals surface area (Å²) in [5, 5.41) is 12.4. The van der Waals surface area contributed by atoms with Crippen LogP contribution in [0.3, 0.4) is 0 Å². The summed E-state index contributed by atoms with van der Waals surface area (Å²) in [5.74, 6) is 1.09. The molecule has 1 aliphatic heterocycles. The van der Waals surface area contributed by atoms with Crippen LogP contribution in [0.25, 0.3) is 0 Å². The van der Waals surface area contributed by atoms with Crippen LogP contribution in [-0.4, -0.2) is 50.2 Å². The molecule has 8 heteroatoms. The Labute approximate surface area is 198 Å². The molecule has 2 heterocycles. The molecule has 1 aliphatic rings. The monoisotopic (exact) mass is 463 g/mol. The van der Waals surface area contributed by atoms with E-state index in [1.807, 2.05) is 18.2 Å². The summed E-state index contributed by atoms with van der Waals surface area (Å²) in [6.07, 6.45) is 3.75. The third-order valence-electron chi connectivity index (χ3n) is 5.65. The van der Waals surface area contributed by atoms with Crippen molar-refractivity contribution in [2.75, 3.05) is 24.2 Å². The molecule has 0 radical (unpaired) electrons. The SMILES string of the molecule is CC(=O)Nc1ccc(C(=O)CSc2nnc(CN3CCCCC3)n2Cc2ccccc2)cc1. The number of thioether (sulfide) groups is 1. The summed E-state index contributed by atoms with van der Waals surface area (Å²) in [4.78, 5) is 26.4. The van der Waals surface area contributed by atoms with Crippen molar-refractivity contribution in [2.45, 2.75) is 44.4 Å². The van der Waals surface area contributed by atoms with Crippen molar-refractivity contribution < 1.29 is 9.59 Å². The summed E-state index contributed by atoms with van der Waals surface area (Å²) < 4.78 is 2.14. The molecule has 2 aromatic carbocycles. The number of amides is 1. The molecule has 1 saturated heterocycles. The van der Waals surface area contributed by atoms with E-state index >= 15 is 0 Å². The minimum Gasteiger partial charge on any atom is -0.326 e. The molecule has 0 bridgehead atoms. The number of hydrogen-bond acceptors (Lipinski definition) is 6. The van der Waals surface area contributed by atoms with Crippen LogP contribution in [0.1, 0.15) is 47.9 Å². The molecule has 0 spiro atoms. The van der Waals surface area contributed by atoms with Gasteiger partial charge in [0.25, 0.3) is 0 Å². The van der Waals surface area contributed by atoms with Gasteiger partial charge in [-0.2, -0.15) is 0 Å². The van der Waals surface area contributed by atoms with Crippen molar-refractivity contribution in [1.29, 1.82) is 0 Å². The molecule has 172 valence electrons. The Kier molecular flexibility index (Phi) is 7.91. The van der Waals surface area contributed by atoms with Crippen molar-refractivity contribution in [3.05, 3.63) is 71.5 Å². The van der Waals surface area contributed by atoms with E-state index in [1.54, 1.807) is 24.3 Å². The third kappa shape index (κ3) is 6.52. The lowest BCUT2D eigenvalue weighted by molar-refractivity contribution is -0.114. The fourth-order valence-corrected chi connectivity index (χ4v) is 4.79. The minimum absolute atomic E-state index is 0.0150. The predicted molar refractivity (Wildman–Crippen MR) is 130 cm³/mol. The number of anilines is 1. The number of rotatable bonds is 9. The number of nitrogens with zero attached hydrogens (tertiary/aromatic N) is 4. The first-order valence-electron chi connectivity index (χ1n) is 11.3. The molecule has 0 atom stereocenters. The summed E-state index contributed by atoms with van der Waals surface area (Å²) in [5.41, 5.74) is 2.47. The standard InChI is InChI=1S/C25H29N5O2S/c1-19(31)26-22-12-10-21(11-13-22)23(32)18-33-25-28-27-24(17-29-14-6-3-7-15-29)30(25)16-20-8-4-2-5-9-20/h2,4-5,8-13H,3,6-7,14-18H2,1H3,(H,26,31). The number of piperidine rings is 1. The zero-order valence-corrected chi connectivity index (χ0v) is 19.7. The van der Waals surface area contributed by atoms with Gasteiger partial charge in [-0.3, -0.25) is 14.5 Å². The highest BCUT2D eigenvalue weighted by Gasteiger charge is 2.19. The molecule has 1 N–H and O–H groups in total. The fourth-order valence-electron chi connectivity index (χ4n) is 3.94. The van der Waals surface area contributed by atoms with E-state index in [9.17, 15) is 9.59 Å². The average molecular weight is 464 g/mol. The lowest BCUT2D eigenvalue weighted by Gasteiger charge is -2.26. The summed E-state index contributed by atoms with van der Waals surface area (Å²) >= 11 is 1.42. The molecule has 1 fully saturated rings. The Morgan fingerprint density at radius 2 is 1.67 bits per heavy atom. The molecule has 7 nitrogen and oxygen atoms in total. The van der Waals surface area contributed by atoms with Gasteiger partial charge in [0.2, 0.25) is 5.91 Å². The highest BCUT2D eigenvalue weighted by atomic mass is 32.2. The first kappa shape index (κ1) is 23.2. The Morgan fingerprint density at radius 1 is 0.939 bits per heavy atom. The van der Waals surface area contributed by atoms with E-state index in [0.29, 0.717) is 17.8 Å². The van der Waals surface area contributed by atoms with Crippen LogP contribution in [-0.2, 0) is 17.9 Å². The van der Waals surface area contributed by atoms with Gasteiger partial charge in [-0.05, 0) is 55.8 Å². The molecule has 33 heavy (non-hydrogen) atoms. The Morgan fingerprint density at radius 3 is 2.36 bits per heavy atom. The molecule has 1 aromatic heterocycles. The van der Waals surface area contributed by atoms with Gasteiger partial charge < -0.3 is 9.88 Å². The van der Waals surface area contributed by atoms with Gasteiger partial charge in [0.1, 0.15) is 5.82 Å². The largest absolute Gasteiger partial charge is 0.326 e. The number of hydrogen-bond donors (Lipinski definition) is 1. The van der Waals surface area contributed by atoms with Crippen LogP contribution >= 0.6 is 11.8 Å². The lowest BCUT2D eigenvalue weighted by Crippen LogP contribution is -2.30. The molecule has 0 aliphatic carbocycles. The fraction of sp³-hybridized carbons (Fsp3) is 0.360. The van der Waals surface area contributed by atoms with E-state index in [4.69, 9.17) is 0 Å². The molecule has 0 saturated carbocycles. The number of aromatic nitrogens is 3. The van der Waals surface area contributed by atoms with E-state index in [2.05, 4.69) is 37.1 Å². The van der Waals surface area contributed by atoms with Gasteiger partial charge in [0, 0.05) is 18.2 Å². The van der Waals surface area contributed by atoms with Crippen LogP contribution in [0.15, 0.2) is 59.8 Å². The van der Waals surface area contributed by atoms with Crippen molar-refractivity contribution in [1.82, 2.24) is 19.7 Å². The average Bonchev–Trinajstić information content (AvgIpc) is 3.20. The van der Waals surface area contributed by atoms with Gasteiger partial charge in [0.05, 0.1) is 18.8 Å². The topological polar surface area (TPSA) is 80.1 Å². The normalized spacial score (nSPS) is 14.2. The smallest absolute Gasteiger partial charge is 0.221 e. The molecular weight excluding hydrogens is 434 g/mol. The molecule has 4 rings (SSSR count). The predicted octanol–water partition coefficient (Wildman–Crippen LogP) is 4.25. The Hall–Kier alpha value is -2.97. The van der Waals surface area contributed by atoms with Crippen molar-refractivity contribution >= 4 is 29.1 Å². The number of Topliss-reactive ketones (excluding diaryl/α,β-unsaturated/α-hetero) is 1. The van der Waals surface area contributed by atoms with E-state index in [-0.39, 0.29) is 17.4 Å². The van der Waals surface area contributed by atoms with Crippen LogP contribution in [0.2, 0.25) is 0 Å². The lowest BCUT2D eigenvalue weighted by atomic mass is 10.1. The zero-order valence-electron chi connectivity index (χ0n) is 18.9. The highest BCUT2D eigenvalue weighted by Crippen LogP contribution is 2.22. The first-order chi connectivity index (χ1) is 16.1. The highest BCUT2D eigenvalue weighted by molar-refractivity contribution is 7.99. The van der Waals surface area contributed by atoms with Crippen LogP contribution in [0.5, 0.6) is 0 Å². The second-order valence-corrected chi connectivity index (χ2v) is 9.22.